The molecular formula is C13H19F2NO3. The third kappa shape index (κ3) is 1.80. The minimum Gasteiger partial charge on any atom is -0.391 e. The molecular weight excluding hydrogens is 256 g/mol. The van der Waals surface area contributed by atoms with Crippen molar-refractivity contribution in [2.24, 2.45) is 5.41 Å². The molecule has 1 amide bonds. The Morgan fingerprint density at radius 2 is 1.79 bits per heavy atom. The molecule has 3 rings (SSSR count). The summed E-state index contributed by atoms with van der Waals surface area (Å²) in [6.45, 7) is 0.156. The molecule has 1 aliphatic heterocycles. The van der Waals surface area contributed by atoms with Crippen molar-refractivity contribution in [3.05, 3.63) is 0 Å². The Morgan fingerprint density at radius 1 is 1.21 bits per heavy atom. The summed E-state index contributed by atoms with van der Waals surface area (Å²) in [5, 5.41) is 19.8. The summed E-state index contributed by atoms with van der Waals surface area (Å²) in [6.07, 6.45) is 1.84. The highest BCUT2D eigenvalue weighted by molar-refractivity contribution is 5.85. The lowest BCUT2D eigenvalue weighted by Crippen LogP contribution is -2.56. The van der Waals surface area contributed by atoms with Crippen molar-refractivity contribution in [1.82, 2.24) is 4.90 Å². The van der Waals surface area contributed by atoms with Crippen molar-refractivity contribution in [2.75, 3.05) is 13.1 Å². The van der Waals surface area contributed by atoms with Gasteiger partial charge in [-0.1, -0.05) is 12.8 Å². The first-order valence-electron chi connectivity index (χ1n) is 6.88. The Kier molecular flexibility index (Phi) is 2.71. The van der Waals surface area contributed by atoms with Gasteiger partial charge in [0, 0.05) is 18.5 Å². The number of nitrogens with zero attached hydrogens (tertiary/aromatic N) is 1. The van der Waals surface area contributed by atoms with Crippen molar-refractivity contribution in [3.8, 4) is 0 Å². The van der Waals surface area contributed by atoms with E-state index in [2.05, 4.69) is 0 Å². The number of rotatable bonds is 2. The van der Waals surface area contributed by atoms with Gasteiger partial charge in [-0.25, -0.2) is 0 Å². The predicted octanol–water partition coefficient (Wildman–Crippen LogP) is 0.910. The van der Waals surface area contributed by atoms with E-state index in [-0.39, 0.29) is 31.3 Å². The molecule has 19 heavy (non-hydrogen) atoms. The van der Waals surface area contributed by atoms with Gasteiger partial charge in [-0.05, 0) is 25.7 Å². The standard InChI is InChI=1S/C13H19F2NO3/c14-13(15,12(19)3-1-2-4-12)10(18)16-7-9(17)11(8-16)5-6-11/h9,17,19H,1-8H2. The van der Waals surface area contributed by atoms with E-state index < -0.39 is 23.5 Å². The van der Waals surface area contributed by atoms with E-state index in [1.54, 1.807) is 0 Å². The van der Waals surface area contributed by atoms with Crippen LogP contribution in [0.5, 0.6) is 0 Å². The topological polar surface area (TPSA) is 60.8 Å². The zero-order chi connectivity index (χ0) is 13.9. The number of alkyl halides is 2. The molecule has 3 fully saturated rings. The van der Waals surface area contributed by atoms with Crippen LogP contribution in [0.15, 0.2) is 0 Å². The number of hydrogen-bond donors (Lipinski definition) is 2. The number of aliphatic hydroxyl groups excluding tert-OH is 1. The highest BCUT2D eigenvalue weighted by atomic mass is 19.3. The summed E-state index contributed by atoms with van der Waals surface area (Å²) in [5.74, 6) is -5.07. The molecule has 0 aromatic heterocycles. The molecule has 0 aromatic carbocycles. The minimum absolute atomic E-state index is 0.0344. The summed E-state index contributed by atoms with van der Waals surface area (Å²) in [7, 11) is 0. The molecule has 1 atom stereocenters. The van der Waals surface area contributed by atoms with E-state index in [1.165, 1.54) is 0 Å². The van der Waals surface area contributed by atoms with Crippen molar-refractivity contribution in [1.29, 1.82) is 0 Å². The maximum absolute atomic E-state index is 14.2. The zero-order valence-electron chi connectivity index (χ0n) is 10.7. The second-order valence-electron chi connectivity index (χ2n) is 6.38. The summed E-state index contributed by atoms with van der Waals surface area (Å²) in [6, 6.07) is 0. The first-order valence-corrected chi connectivity index (χ1v) is 6.88. The second kappa shape index (κ2) is 3.88. The largest absolute Gasteiger partial charge is 0.391 e. The van der Waals surface area contributed by atoms with Crippen molar-refractivity contribution in [2.45, 2.75) is 56.2 Å². The highest BCUT2D eigenvalue weighted by Gasteiger charge is 2.64. The first-order chi connectivity index (χ1) is 8.81. The maximum atomic E-state index is 14.2. The highest BCUT2D eigenvalue weighted by Crippen LogP contribution is 2.53. The molecule has 1 spiro atoms. The molecule has 3 aliphatic rings. The number of hydrogen-bond acceptors (Lipinski definition) is 3. The molecule has 2 aliphatic carbocycles. The summed E-state index contributed by atoms with van der Waals surface area (Å²) < 4.78 is 28.5. The number of β-amino-alcohol motifs (C(OH)–C–C–N with tert-alkyl or cyclic N) is 1. The van der Waals surface area contributed by atoms with Gasteiger partial charge in [-0.3, -0.25) is 4.79 Å². The Hall–Kier alpha value is -0.750. The van der Waals surface area contributed by atoms with E-state index in [1.807, 2.05) is 0 Å². The number of amides is 1. The van der Waals surface area contributed by atoms with Gasteiger partial charge in [0.2, 0.25) is 0 Å². The summed E-state index contributed by atoms with van der Waals surface area (Å²) in [4.78, 5) is 13.1. The molecule has 1 unspecified atom stereocenters. The molecule has 4 nitrogen and oxygen atoms in total. The van der Waals surface area contributed by atoms with E-state index in [0.29, 0.717) is 12.8 Å². The van der Waals surface area contributed by atoms with Gasteiger partial charge >= 0.3 is 5.92 Å². The summed E-state index contributed by atoms with van der Waals surface area (Å²) in [5.41, 5.74) is -2.54. The molecule has 6 heteroatoms. The fourth-order valence-electron chi connectivity index (χ4n) is 3.43. The van der Waals surface area contributed by atoms with E-state index >= 15 is 0 Å². The fourth-order valence-corrected chi connectivity index (χ4v) is 3.43. The second-order valence-corrected chi connectivity index (χ2v) is 6.38. The lowest BCUT2D eigenvalue weighted by molar-refractivity contribution is -0.199. The molecule has 1 saturated heterocycles. The molecule has 0 radical (unpaired) electrons. The van der Waals surface area contributed by atoms with Crippen LogP contribution in [0, 0.1) is 5.41 Å². The zero-order valence-corrected chi connectivity index (χ0v) is 10.7. The van der Waals surface area contributed by atoms with Gasteiger partial charge in [0.05, 0.1) is 6.10 Å². The van der Waals surface area contributed by atoms with Gasteiger partial charge in [0.15, 0.2) is 0 Å². The van der Waals surface area contributed by atoms with E-state index in [9.17, 15) is 23.8 Å². The Bertz CT molecular complexity index is 403. The first kappa shape index (κ1) is 13.2. The third-order valence-corrected chi connectivity index (χ3v) is 5.07. The van der Waals surface area contributed by atoms with Crippen LogP contribution < -0.4 is 0 Å². The molecule has 0 aromatic rings. The van der Waals surface area contributed by atoms with Crippen LogP contribution in [-0.2, 0) is 4.79 Å². The molecule has 1 heterocycles. The fraction of sp³-hybridized carbons (Fsp3) is 0.923. The van der Waals surface area contributed by atoms with Crippen LogP contribution in [0.2, 0.25) is 0 Å². The monoisotopic (exact) mass is 275 g/mol. The lowest BCUT2D eigenvalue weighted by Gasteiger charge is -2.33. The summed E-state index contributed by atoms with van der Waals surface area (Å²) >= 11 is 0. The maximum Gasteiger partial charge on any atom is 0.352 e. The Balaban J connectivity index is 1.76. The average Bonchev–Trinajstić information content (AvgIpc) is 2.87. The van der Waals surface area contributed by atoms with Gasteiger partial charge < -0.3 is 15.1 Å². The normalized spacial score (nSPS) is 32.0. The van der Waals surface area contributed by atoms with Gasteiger partial charge in [0.1, 0.15) is 5.60 Å². The smallest absolute Gasteiger partial charge is 0.352 e. The predicted molar refractivity (Wildman–Crippen MR) is 62.6 cm³/mol. The van der Waals surface area contributed by atoms with Crippen molar-refractivity contribution >= 4 is 5.91 Å². The van der Waals surface area contributed by atoms with Crippen LogP contribution in [0.4, 0.5) is 8.78 Å². The van der Waals surface area contributed by atoms with E-state index in [0.717, 1.165) is 17.7 Å². The van der Waals surface area contributed by atoms with Crippen LogP contribution in [-0.4, -0.2) is 51.7 Å². The molecule has 2 N–H and O–H groups in total. The SMILES string of the molecule is O=C(N1CC(O)C2(CC2)C1)C(F)(F)C1(O)CCCC1. The Morgan fingerprint density at radius 3 is 2.26 bits per heavy atom. The number of halogens is 2. The lowest BCUT2D eigenvalue weighted by atomic mass is 9.92. The van der Waals surface area contributed by atoms with Crippen molar-refractivity contribution < 1.29 is 23.8 Å². The Labute approximate surface area is 110 Å². The van der Waals surface area contributed by atoms with Crippen LogP contribution >= 0.6 is 0 Å². The molecule has 0 bridgehead atoms. The number of likely N-dealkylation sites (tertiary alicyclic amines) is 1. The third-order valence-electron chi connectivity index (χ3n) is 5.07. The molecule has 108 valence electrons. The van der Waals surface area contributed by atoms with Gasteiger partial charge in [0.25, 0.3) is 5.91 Å². The van der Waals surface area contributed by atoms with Crippen LogP contribution in [0.1, 0.15) is 38.5 Å². The quantitative estimate of drug-likeness (QED) is 0.787. The number of carbonyl (C=O) groups is 1. The van der Waals surface area contributed by atoms with Crippen molar-refractivity contribution in [3.63, 3.8) is 0 Å². The minimum atomic E-state index is -3.75. The van der Waals surface area contributed by atoms with Crippen LogP contribution in [0.3, 0.4) is 0 Å². The molecule has 2 saturated carbocycles. The average molecular weight is 275 g/mol. The number of carbonyl (C=O) groups excluding carboxylic acids is 1. The van der Waals surface area contributed by atoms with Gasteiger partial charge in [-0.2, -0.15) is 8.78 Å². The van der Waals surface area contributed by atoms with E-state index in [4.69, 9.17) is 0 Å². The number of aliphatic hydroxyl groups is 2. The van der Waals surface area contributed by atoms with Crippen LogP contribution in [0.25, 0.3) is 0 Å². The van der Waals surface area contributed by atoms with Gasteiger partial charge in [-0.15, -0.1) is 0 Å².